The Morgan fingerprint density at radius 2 is 2.17 bits per heavy atom. The zero-order valence-electron chi connectivity index (χ0n) is 17.3. The lowest BCUT2D eigenvalue weighted by atomic mass is 10.1. The minimum atomic E-state index is 0. The molecule has 8 heteroatoms. The van der Waals surface area contributed by atoms with Gasteiger partial charge in [-0.1, -0.05) is 24.3 Å². The number of hydrogen-bond donors (Lipinski definition) is 1. The SMILES string of the molecule is CN=C(NCc1cccc(Cn2ccnc2)c1)N1CCC(COCCOC)C1.I. The van der Waals surface area contributed by atoms with Crippen LogP contribution in [0.3, 0.4) is 0 Å². The molecule has 160 valence electrons. The minimum absolute atomic E-state index is 0. The second-order valence-electron chi connectivity index (χ2n) is 7.12. The Morgan fingerprint density at radius 3 is 2.93 bits per heavy atom. The van der Waals surface area contributed by atoms with Crippen LogP contribution in [0.15, 0.2) is 48.0 Å². The molecule has 1 fully saturated rings. The van der Waals surface area contributed by atoms with Gasteiger partial charge in [0, 0.05) is 58.6 Å². The monoisotopic (exact) mass is 513 g/mol. The Balaban J connectivity index is 0.00000300. The third kappa shape index (κ3) is 7.60. The number of rotatable bonds is 9. The lowest BCUT2D eigenvalue weighted by Crippen LogP contribution is -2.39. The molecular formula is C21H32IN5O2. The van der Waals surface area contributed by atoms with E-state index in [1.165, 1.54) is 11.1 Å². The van der Waals surface area contributed by atoms with Crippen molar-refractivity contribution in [3.05, 3.63) is 54.1 Å². The summed E-state index contributed by atoms with van der Waals surface area (Å²) >= 11 is 0. The molecule has 1 aromatic carbocycles. The largest absolute Gasteiger partial charge is 0.382 e. The number of hydrogen-bond acceptors (Lipinski definition) is 4. The third-order valence-corrected chi connectivity index (χ3v) is 4.95. The Labute approximate surface area is 190 Å². The molecule has 2 heterocycles. The van der Waals surface area contributed by atoms with E-state index in [9.17, 15) is 0 Å². The van der Waals surface area contributed by atoms with Crippen LogP contribution in [0.5, 0.6) is 0 Å². The molecule has 0 aliphatic carbocycles. The number of ether oxygens (including phenoxy) is 2. The number of nitrogens with one attached hydrogen (secondary N) is 1. The van der Waals surface area contributed by atoms with Crippen molar-refractivity contribution in [2.75, 3.05) is 47.1 Å². The highest BCUT2D eigenvalue weighted by Crippen LogP contribution is 2.17. The van der Waals surface area contributed by atoms with E-state index in [2.05, 4.69) is 49.0 Å². The van der Waals surface area contributed by atoms with Gasteiger partial charge in [-0.2, -0.15) is 0 Å². The number of guanidine groups is 1. The fourth-order valence-corrected chi connectivity index (χ4v) is 3.50. The van der Waals surface area contributed by atoms with Gasteiger partial charge in [-0.15, -0.1) is 24.0 Å². The molecular weight excluding hydrogens is 481 g/mol. The molecule has 1 unspecified atom stereocenters. The van der Waals surface area contributed by atoms with E-state index in [-0.39, 0.29) is 24.0 Å². The number of aliphatic imine (C=N–C) groups is 1. The van der Waals surface area contributed by atoms with Crippen LogP contribution in [-0.2, 0) is 22.6 Å². The number of likely N-dealkylation sites (tertiary alicyclic amines) is 1. The lowest BCUT2D eigenvalue weighted by molar-refractivity contribution is 0.0536. The molecule has 29 heavy (non-hydrogen) atoms. The van der Waals surface area contributed by atoms with Gasteiger partial charge in [0.1, 0.15) is 0 Å². The summed E-state index contributed by atoms with van der Waals surface area (Å²) in [7, 11) is 3.55. The summed E-state index contributed by atoms with van der Waals surface area (Å²) in [5.74, 6) is 1.51. The lowest BCUT2D eigenvalue weighted by Gasteiger charge is -2.22. The van der Waals surface area contributed by atoms with Gasteiger partial charge in [0.15, 0.2) is 5.96 Å². The smallest absolute Gasteiger partial charge is 0.193 e. The summed E-state index contributed by atoms with van der Waals surface area (Å²) in [6, 6.07) is 8.63. The first-order valence-corrected chi connectivity index (χ1v) is 9.84. The summed E-state index contributed by atoms with van der Waals surface area (Å²) < 4.78 is 12.8. The van der Waals surface area contributed by atoms with E-state index in [1.54, 1.807) is 13.3 Å². The zero-order chi connectivity index (χ0) is 19.6. The molecule has 0 spiro atoms. The predicted octanol–water partition coefficient (Wildman–Crippen LogP) is 2.61. The van der Waals surface area contributed by atoms with Crippen LogP contribution < -0.4 is 5.32 Å². The molecule has 1 atom stereocenters. The topological polar surface area (TPSA) is 63.9 Å². The van der Waals surface area contributed by atoms with Crippen LogP contribution in [0.2, 0.25) is 0 Å². The highest BCUT2D eigenvalue weighted by atomic mass is 127. The van der Waals surface area contributed by atoms with Crippen LogP contribution in [0.4, 0.5) is 0 Å². The van der Waals surface area contributed by atoms with Crippen molar-refractivity contribution >= 4 is 29.9 Å². The molecule has 1 aliphatic heterocycles. The molecule has 0 radical (unpaired) electrons. The van der Waals surface area contributed by atoms with Crippen molar-refractivity contribution in [1.29, 1.82) is 0 Å². The van der Waals surface area contributed by atoms with Crippen LogP contribution in [-0.4, -0.2) is 67.5 Å². The maximum atomic E-state index is 5.69. The molecule has 2 aromatic rings. The number of methoxy groups -OCH3 is 1. The Kier molecular flexibility index (Phi) is 10.4. The van der Waals surface area contributed by atoms with E-state index in [0.717, 1.165) is 45.2 Å². The highest BCUT2D eigenvalue weighted by molar-refractivity contribution is 14.0. The average Bonchev–Trinajstić information content (AvgIpc) is 3.39. The number of nitrogens with zero attached hydrogens (tertiary/aromatic N) is 4. The van der Waals surface area contributed by atoms with Gasteiger partial charge in [-0.05, 0) is 17.5 Å². The quantitative estimate of drug-likeness (QED) is 0.242. The summed E-state index contributed by atoms with van der Waals surface area (Å²) in [5, 5.41) is 3.51. The van der Waals surface area contributed by atoms with Crippen molar-refractivity contribution in [3.8, 4) is 0 Å². The maximum Gasteiger partial charge on any atom is 0.193 e. The first-order chi connectivity index (χ1) is 13.8. The number of aromatic nitrogens is 2. The fourth-order valence-electron chi connectivity index (χ4n) is 3.50. The molecule has 7 nitrogen and oxygen atoms in total. The van der Waals surface area contributed by atoms with E-state index in [4.69, 9.17) is 9.47 Å². The van der Waals surface area contributed by atoms with Gasteiger partial charge in [-0.3, -0.25) is 4.99 Å². The minimum Gasteiger partial charge on any atom is -0.382 e. The standard InChI is InChI=1S/C21H31N5O2.HI/c1-22-21(26-8-6-20(15-26)16-28-11-10-27-2)24-13-18-4-3-5-19(12-18)14-25-9-7-23-17-25;/h3-5,7,9,12,17,20H,6,8,10-11,13-16H2,1-2H3,(H,22,24);1H. The molecule has 1 aliphatic rings. The van der Waals surface area contributed by atoms with Gasteiger partial charge in [-0.25, -0.2) is 4.98 Å². The summed E-state index contributed by atoms with van der Waals surface area (Å²) in [6.07, 6.45) is 6.76. The Bertz CT molecular complexity index is 738. The van der Waals surface area contributed by atoms with Gasteiger partial charge in [0.05, 0.1) is 26.1 Å². The average molecular weight is 513 g/mol. The van der Waals surface area contributed by atoms with E-state index in [1.807, 2.05) is 19.6 Å². The maximum absolute atomic E-state index is 5.69. The van der Waals surface area contributed by atoms with Crippen molar-refractivity contribution in [2.24, 2.45) is 10.9 Å². The number of imidazole rings is 1. The summed E-state index contributed by atoms with van der Waals surface area (Å²) in [5.41, 5.74) is 2.51. The van der Waals surface area contributed by atoms with Crippen LogP contribution in [0, 0.1) is 5.92 Å². The summed E-state index contributed by atoms with van der Waals surface area (Å²) in [6.45, 7) is 5.68. The van der Waals surface area contributed by atoms with Crippen molar-refractivity contribution < 1.29 is 9.47 Å². The summed E-state index contributed by atoms with van der Waals surface area (Å²) in [4.78, 5) is 10.9. The van der Waals surface area contributed by atoms with Crippen LogP contribution in [0.25, 0.3) is 0 Å². The van der Waals surface area contributed by atoms with Crippen molar-refractivity contribution in [3.63, 3.8) is 0 Å². The highest BCUT2D eigenvalue weighted by Gasteiger charge is 2.24. The second kappa shape index (κ2) is 12.8. The van der Waals surface area contributed by atoms with Crippen LogP contribution >= 0.6 is 24.0 Å². The van der Waals surface area contributed by atoms with E-state index < -0.39 is 0 Å². The molecule has 1 saturated heterocycles. The third-order valence-electron chi connectivity index (χ3n) is 4.95. The first kappa shape index (κ1) is 23.6. The molecule has 0 saturated carbocycles. The van der Waals surface area contributed by atoms with Crippen LogP contribution in [0.1, 0.15) is 17.5 Å². The molecule has 1 N–H and O–H groups in total. The second-order valence-corrected chi connectivity index (χ2v) is 7.12. The van der Waals surface area contributed by atoms with Crippen molar-refractivity contribution in [1.82, 2.24) is 19.8 Å². The first-order valence-electron chi connectivity index (χ1n) is 9.84. The number of halogens is 1. The molecule has 1 aromatic heterocycles. The van der Waals surface area contributed by atoms with E-state index in [0.29, 0.717) is 19.1 Å². The number of benzene rings is 1. The predicted molar refractivity (Wildman–Crippen MR) is 126 cm³/mol. The fraction of sp³-hybridized carbons (Fsp3) is 0.524. The van der Waals surface area contributed by atoms with Gasteiger partial charge in [0.2, 0.25) is 0 Å². The normalized spacial score (nSPS) is 16.7. The zero-order valence-corrected chi connectivity index (χ0v) is 19.6. The van der Waals surface area contributed by atoms with Gasteiger partial charge < -0.3 is 24.3 Å². The van der Waals surface area contributed by atoms with E-state index >= 15 is 0 Å². The molecule has 0 bridgehead atoms. The van der Waals surface area contributed by atoms with Gasteiger partial charge >= 0.3 is 0 Å². The Hall–Kier alpha value is -1.65. The van der Waals surface area contributed by atoms with Gasteiger partial charge in [0.25, 0.3) is 0 Å². The molecule has 3 rings (SSSR count). The molecule has 0 amide bonds. The Morgan fingerprint density at radius 1 is 1.31 bits per heavy atom. The van der Waals surface area contributed by atoms with Crippen molar-refractivity contribution in [2.45, 2.75) is 19.5 Å².